The number of nitrogens with zero attached hydrogens (tertiary/aromatic N) is 1. The number of fused-ring (bicyclic) bond motifs is 1. The summed E-state index contributed by atoms with van der Waals surface area (Å²) in [5, 5.41) is 12.2. The first-order valence-electron chi connectivity index (χ1n) is 10.6. The summed E-state index contributed by atoms with van der Waals surface area (Å²) < 4.78 is 5.40. The van der Waals surface area contributed by atoms with Crippen LogP contribution in [0.25, 0.3) is 33.2 Å². The summed E-state index contributed by atoms with van der Waals surface area (Å²) in [6, 6.07) is 18.9. The van der Waals surface area contributed by atoms with Gasteiger partial charge in [-0.3, -0.25) is 4.79 Å². The molecule has 3 aromatic carbocycles. The summed E-state index contributed by atoms with van der Waals surface area (Å²) >= 11 is 6.58. The fourth-order valence-corrected chi connectivity index (χ4v) is 4.72. The zero-order valence-electron chi connectivity index (χ0n) is 17.7. The van der Waals surface area contributed by atoms with E-state index >= 15 is 0 Å². The molecule has 0 saturated carbocycles. The number of hydrogen-bond acceptors (Lipinski definition) is 4. The largest absolute Gasteiger partial charge is 0.506 e. The van der Waals surface area contributed by atoms with Crippen molar-refractivity contribution in [3.63, 3.8) is 0 Å². The molecule has 2 N–H and O–H groups in total. The minimum absolute atomic E-state index is 0.0974. The third kappa shape index (κ3) is 3.49. The molecule has 0 atom stereocenters. The van der Waals surface area contributed by atoms with Crippen LogP contribution in [0.1, 0.15) is 12.8 Å². The highest BCUT2D eigenvalue weighted by Crippen LogP contribution is 2.40. The fraction of sp³-hybridized carbons (Fsp3) is 0.192. The zero-order chi connectivity index (χ0) is 22.2. The van der Waals surface area contributed by atoms with Gasteiger partial charge in [-0.1, -0.05) is 41.9 Å². The molecule has 5 rings (SSSR count). The van der Waals surface area contributed by atoms with E-state index in [0.717, 1.165) is 24.2 Å². The molecule has 1 aliphatic rings. The van der Waals surface area contributed by atoms with Gasteiger partial charge >= 0.3 is 0 Å². The number of hydrogen-bond donors (Lipinski definition) is 2. The van der Waals surface area contributed by atoms with Gasteiger partial charge in [0.25, 0.3) is 5.56 Å². The standard InChI is InChI=1S/C26H23ClN2O3/c1-32-23-7-3-2-6-18(23)24-25(30)20-14-19(21(27)15-22(20)28-26(24)31)16-8-10-17(11-9-16)29-12-4-5-13-29/h2-3,6-11,14-15H,4-5,12-13H2,1H3,(H2,28,30,31). The maximum absolute atomic E-state index is 12.8. The van der Waals surface area contributed by atoms with Crippen molar-refractivity contribution >= 4 is 28.2 Å². The molecule has 2 heterocycles. The van der Waals surface area contributed by atoms with Gasteiger partial charge in [0.15, 0.2) is 0 Å². The highest BCUT2D eigenvalue weighted by molar-refractivity contribution is 6.34. The second kappa shape index (κ2) is 8.24. The maximum Gasteiger partial charge on any atom is 0.260 e. The number of pyridine rings is 1. The summed E-state index contributed by atoms with van der Waals surface area (Å²) in [7, 11) is 1.54. The van der Waals surface area contributed by atoms with Crippen LogP contribution in [-0.2, 0) is 0 Å². The van der Waals surface area contributed by atoms with Crippen LogP contribution in [0.3, 0.4) is 0 Å². The highest BCUT2D eigenvalue weighted by atomic mass is 35.5. The van der Waals surface area contributed by atoms with Crippen LogP contribution in [0.15, 0.2) is 65.5 Å². The molecule has 0 amide bonds. The SMILES string of the molecule is COc1ccccc1-c1c(O)c2cc(-c3ccc(N4CCCC4)cc3)c(Cl)cc2[nH]c1=O. The third-order valence-corrected chi connectivity index (χ3v) is 6.41. The number of benzene rings is 3. The molecule has 0 unspecified atom stereocenters. The van der Waals surface area contributed by atoms with Gasteiger partial charge in [0.2, 0.25) is 0 Å². The molecule has 1 aromatic heterocycles. The highest BCUT2D eigenvalue weighted by Gasteiger charge is 2.19. The Hall–Kier alpha value is -3.44. The van der Waals surface area contributed by atoms with Crippen molar-refractivity contribution in [3.05, 3.63) is 76.0 Å². The summed E-state index contributed by atoms with van der Waals surface area (Å²) in [4.78, 5) is 18.1. The number of para-hydroxylation sites is 1. The quantitative estimate of drug-likeness (QED) is 0.414. The van der Waals surface area contributed by atoms with E-state index in [2.05, 4.69) is 22.0 Å². The van der Waals surface area contributed by atoms with Crippen molar-refractivity contribution < 1.29 is 9.84 Å². The number of methoxy groups -OCH3 is 1. The Morgan fingerprint density at radius 1 is 1.00 bits per heavy atom. The second-order valence-electron chi connectivity index (χ2n) is 8.00. The lowest BCUT2D eigenvalue weighted by Crippen LogP contribution is -2.17. The average molecular weight is 447 g/mol. The number of aromatic hydroxyl groups is 1. The molecule has 162 valence electrons. The third-order valence-electron chi connectivity index (χ3n) is 6.10. The first-order chi connectivity index (χ1) is 15.6. The Morgan fingerprint density at radius 3 is 2.44 bits per heavy atom. The molecule has 4 aromatic rings. The summed E-state index contributed by atoms with van der Waals surface area (Å²) in [5.41, 5.74) is 3.72. The Balaban J connectivity index is 1.64. The van der Waals surface area contributed by atoms with Crippen molar-refractivity contribution in [2.75, 3.05) is 25.1 Å². The molecule has 32 heavy (non-hydrogen) atoms. The second-order valence-corrected chi connectivity index (χ2v) is 8.40. The minimum atomic E-state index is -0.404. The van der Waals surface area contributed by atoms with E-state index in [1.54, 1.807) is 24.3 Å². The van der Waals surface area contributed by atoms with Crippen LogP contribution < -0.4 is 15.2 Å². The molecule has 0 bridgehead atoms. The first kappa shape index (κ1) is 20.5. The van der Waals surface area contributed by atoms with Crippen LogP contribution in [0.2, 0.25) is 5.02 Å². The van der Waals surface area contributed by atoms with Crippen molar-refractivity contribution in [1.29, 1.82) is 0 Å². The van der Waals surface area contributed by atoms with Gasteiger partial charge in [-0.15, -0.1) is 0 Å². The number of nitrogens with one attached hydrogen (secondary N) is 1. The van der Waals surface area contributed by atoms with E-state index in [4.69, 9.17) is 16.3 Å². The van der Waals surface area contributed by atoms with Gasteiger partial charge in [0, 0.05) is 35.3 Å². The summed E-state index contributed by atoms with van der Waals surface area (Å²) in [6.45, 7) is 2.17. The molecule has 1 fully saturated rings. The predicted octanol–water partition coefficient (Wildman–Crippen LogP) is 5.83. The predicted molar refractivity (Wildman–Crippen MR) is 130 cm³/mol. The van der Waals surface area contributed by atoms with Gasteiger partial charge in [-0.2, -0.15) is 0 Å². The normalized spacial score (nSPS) is 13.6. The Kier molecular flexibility index (Phi) is 5.27. The van der Waals surface area contributed by atoms with Gasteiger partial charge in [-0.05, 0) is 48.7 Å². The van der Waals surface area contributed by atoms with Crippen LogP contribution >= 0.6 is 11.6 Å². The average Bonchev–Trinajstić information content (AvgIpc) is 3.34. The molecular weight excluding hydrogens is 424 g/mol. The van der Waals surface area contributed by atoms with Crippen molar-refractivity contribution in [2.24, 2.45) is 0 Å². The molecule has 1 aliphatic heterocycles. The topological polar surface area (TPSA) is 65.6 Å². The number of halogens is 1. The lowest BCUT2D eigenvalue weighted by Gasteiger charge is -2.18. The van der Waals surface area contributed by atoms with Crippen molar-refractivity contribution in [2.45, 2.75) is 12.8 Å². The Labute approximate surface area is 190 Å². The molecule has 6 heteroatoms. The Morgan fingerprint density at radius 2 is 1.72 bits per heavy atom. The number of aromatic amines is 1. The van der Waals surface area contributed by atoms with E-state index in [0.29, 0.717) is 27.2 Å². The van der Waals surface area contributed by atoms with Gasteiger partial charge in [0.1, 0.15) is 11.5 Å². The minimum Gasteiger partial charge on any atom is -0.506 e. The molecule has 5 nitrogen and oxygen atoms in total. The number of aromatic nitrogens is 1. The molecule has 1 saturated heterocycles. The lowest BCUT2D eigenvalue weighted by molar-refractivity contribution is 0.415. The van der Waals surface area contributed by atoms with Crippen molar-refractivity contribution in [3.8, 4) is 33.8 Å². The molecule has 0 spiro atoms. The number of rotatable bonds is 4. The number of H-pyrrole nitrogens is 1. The van der Waals surface area contributed by atoms with Crippen LogP contribution in [0.4, 0.5) is 5.69 Å². The van der Waals surface area contributed by atoms with E-state index in [9.17, 15) is 9.90 Å². The van der Waals surface area contributed by atoms with Crippen LogP contribution in [0, 0.1) is 0 Å². The molecule has 0 radical (unpaired) electrons. The molecular formula is C26H23ClN2O3. The van der Waals surface area contributed by atoms with Crippen molar-refractivity contribution in [1.82, 2.24) is 4.98 Å². The first-order valence-corrected chi connectivity index (χ1v) is 11.0. The van der Waals surface area contributed by atoms with E-state index < -0.39 is 5.56 Å². The number of ether oxygens (including phenoxy) is 1. The maximum atomic E-state index is 12.8. The lowest BCUT2D eigenvalue weighted by atomic mass is 9.98. The van der Waals surface area contributed by atoms with E-state index in [1.165, 1.54) is 25.6 Å². The van der Waals surface area contributed by atoms with Crippen LogP contribution in [-0.4, -0.2) is 30.3 Å². The van der Waals surface area contributed by atoms with Crippen LogP contribution in [0.5, 0.6) is 11.5 Å². The summed E-state index contributed by atoms with van der Waals surface area (Å²) in [5.74, 6) is 0.416. The number of anilines is 1. The van der Waals surface area contributed by atoms with E-state index in [-0.39, 0.29) is 11.3 Å². The van der Waals surface area contributed by atoms with E-state index in [1.807, 2.05) is 24.3 Å². The molecule has 0 aliphatic carbocycles. The monoisotopic (exact) mass is 446 g/mol. The Bertz CT molecular complexity index is 1360. The smallest absolute Gasteiger partial charge is 0.260 e. The van der Waals surface area contributed by atoms with Gasteiger partial charge in [-0.25, -0.2) is 0 Å². The zero-order valence-corrected chi connectivity index (χ0v) is 18.4. The fourth-order valence-electron chi connectivity index (χ4n) is 4.45. The van der Waals surface area contributed by atoms with Gasteiger partial charge < -0.3 is 19.7 Å². The van der Waals surface area contributed by atoms with Gasteiger partial charge in [0.05, 0.1) is 23.2 Å². The summed E-state index contributed by atoms with van der Waals surface area (Å²) in [6.07, 6.45) is 2.45.